The molecule has 0 fully saturated rings. The Kier molecular flexibility index (Phi) is 4.63. The minimum absolute atomic E-state index is 0.289. The summed E-state index contributed by atoms with van der Waals surface area (Å²) in [5.74, 6) is -0.289. The maximum Gasteiger partial charge on any atom is 0.269 e. The Labute approximate surface area is 163 Å². The second kappa shape index (κ2) is 7.07. The van der Waals surface area contributed by atoms with E-state index in [0.29, 0.717) is 22.3 Å². The Bertz CT molecular complexity index is 1090. The topological polar surface area (TPSA) is 70.7 Å². The predicted octanol–water partition coefficient (Wildman–Crippen LogP) is 4.92. The van der Waals surface area contributed by atoms with Gasteiger partial charge in [0.25, 0.3) is 5.91 Å². The van der Waals surface area contributed by atoms with E-state index in [0.717, 1.165) is 27.2 Å². The van der Waals surface area contributed by atoms with E-state index in [9.17, 15) is 4.79 Å². The molecule has 3 heterocycles. The van der Waals surface area contributed by atoms with Crippen LogP contribution in [0.3, 0.4) is 0 Å². The fourth-order valence-electron chi connectivity index (χ4n) is 2.58. The molecule has 2 N–H and O–H groups in total. The van der Waals surface area contributed by atoms with Gasteiger partial charge in [-0.2, -0.15) is 0 Å². The van der Waals surface area contributed by atoms with Crippen LogP contribution in [0.4, 0.5) is 0 Å². The number of hydrogen-bond donors (Lipinski definition) is 2. The van der Waals surface area contributed by atoms with Crippen molar-refractivity contribution in [3.8, 4) is 11.3 Å². The highest BCUT2D eigenvalue weighted by Crippen LogP contribution is 2.29. The van der Waals surface area contributed by atoms with Gasteiger partial charge in [0.1, 0.15) is 10.7 Å². The molecule has 8 heteroatoms. The number of carbonyl (C=O) groups excluding carboxylic acids is 1. The number of hydrogen-bond acceptors (Lipinski definition) is 4. The van der Waals surface area contributed by atoms with E-state index in [1.807, 2.05) is 17.5 Å². The van der Waals surface area contributed by atoms with E-state index in [-0.39, 0.29) is 5.91 Å². The van der Waals surface area contributed by atoms with Crippen molar-refractivity contribution < 1.29 is 4.79 Å². The van der Waals surface area contributed by atoms with Crippen molar-refractivity contribution in [2.45, 2.75) is 6.54 Å². The van der Waals surface area contributed by atoms with Gasteiger partial charge >= 0.3 is 0 Å². The lowest BCUT2D eigenvalue weighted by atomic mass is 10.2. The number of fused-ring (bicyclic) bond motifs is 1. The van der Waals surface area contributed by atoms with Crippen molar-refractivity contribution in [2.24, 2.45) is 0 Å². The Morgan fingerprint density at radius 3 is 2.81 bits per heavy atom. The average molecular weight is 403 g/mol. The summed E-state index contributed by atoms with van der Waals surface area (Å²) in [6.45, 7) is 0.320. The zero-order chi connectivity index (χ0) is 18.1. The third kappa shape index (κ3) is 3.31. The van der Waals surface area contributed by atoms with Crippen LogP contribution in [0.1, 0.15) is 15.5 Å². The van der Waals surface area contributed by atoms with Gasteiger partial charge in [0.15, 0.2) is 0 Å². The SMILES string of the molecule is O=C(NCc1nc(-c2ccncc2)cs1)c1[nH]c2ccc(Cl)cc2c1Cl. The number of aromatic amines is 1. The van der Waals surface area contributed by atoms with Crippen LogP contribution >= 0.6 is 34.5 Å². The van der Waals surface area contributed by atoms with Crippen LogP contribution in [0, 0.1) is 0 Å². The number of amides is 1. The Morgan fingerprint density at radius 1 is 1.19 bits per heavy atom. The quantitative estimate of drug-likeness (QED) is 0.508. The number of aromatic nitrogens is 3. The van der Waals surface area contributed by atoms with Gasteiger partial charge in [0, 0.05) is 39.3 Å². The first-order valence-corrected chi connectivity index (χ1v) is 9.35. The lowest BCUT2D eigenvalue weighted by molar-refractivity contribution is 0.0947. The van der Waals surface area contributed by atoms with Crippen LogP contribution in [-0.2, 0) is 6.54 Å². The van der Waals surface area contributed by atoms with Gasteiger partial charge in [-0.05, 0) is 30.3 Å². The Hall–Kier alpha value is -2.41. The number of thiazole rings is 1. The molecule has 4 rings (SSSR count). The predicted molar refractivity (Wildman–Crippen MR) is 105 cm³/mol. The van der Waals surface area contributed by atoms with E-state index in [4.69, 9.17) is 23.2 Å². The largest absolute Gasteiger partial charge is 0.349 e. The van der Waals surface area contributed by atoms with Crippen LogP contribution in [0.25, 0.3) is 22.2 Å². The van der Waals surface area contributed by atoms with E-state index < -0.39 is 0 Å². The van der Waals surface area contributed by atoms with Crippen molar-refractivity contribution >= 4 is 51.3 Å². The Morgan fingerprint density at radius 2 is 2.00 bits per heavy atom. The van der Waals surface area contributed by atoms with Gasteiger partial charge < -0.3 is 10.3 Å². The van der Waals surface area contributed by atoms with Gasteiger partial charge in [-0.3, -0.25) is 9.78 Å². The first kappa shape index (κ1) is 17.0. The summed E-state index contributed by atoms with van der Waals surface area (Å²) >= 11 is 13.8. The molecule has 1 aromatic carbocycles. The summed E-state index contributed by atoms with van der Waals surface area (Å²) in [5.41, 5.74) is 2.93. The molecule has 3 aromatic heterocycles. The van der Waals surface area contributed by atoms with Crippen LogP contribution in [0.15, 0.2) is 48.1 Å². The lowest BCUT2D eigenvalue weighted by Crippen LogP contribution is -2.23. The molecule has 4 aromatic rings. The van der Waals surface area contributed by atoms with Crippen LogP contribution in [0.2, 0.25) is 10.0 Å². The van der Waals surface area contributed by atoms with Crippen LogP contribution < -0.4 is 5.32 Å². The standard InChI is InChI=1S/C18H12Cl2N4OS/c19-11-1-2-13-12(7-11)16(20)17(24-13)18(25)22-8-15-23-14(9-26-15)10-3-5-21-6-4-10/h1-7,9,24H,8H2,(H,22,25). The van der Waals surface area contributed by atoms with Gasteiger partial charge in [-0.1, -0.05) is 23.2 Å². The summed E-state index contributed by atoms with van der Waals surface area (Å²) < 4.78 is 0. The van der Waals surface area contributed by atoms with E-state index in [1.54, 1.807) is 30.6 Å². The lowest BCUT2D eigenvalue weighted by Gasteiger charge is -2.01. The first-order chi connectivity index (χ1) is 12.6. The molecular formula is C18H12Cl2N4OS. The summed E-state index contributed by atoms with van der Waals surface area (Å²) in [4.78, 5) is 24.0. The molecule has 0 saturated carbocycles. The smallest absolute Gasteiger partial charge is 0.269 e. The van der Waals surface area contributed by atoms with Crippen molar-refractivity contribution in [2.75, 3.05) is 0 Å². The number of carbonyl (C=O) groups is 1. The van der Waals surface area contributed by atoms with E-state index >= 15 is 0 Å². The third-order valence-electron chi connectivity index (χ3n) is 3.85. The molecule has 5 nitrogen and oxygen atoms in total. The fourth-order valence-corrected chi connectivity index (χ4v) is 3.78. The molecule has 0 aliphatic heterocycles. The second-order valence-electron chi connectivity index (χ2n) is 5.55. The second-order valence-corrected chi connectivity index (χ2v) is 7.31. The highest BCUT2D eigenvalue weighted by atomic mass is 35.5. The molecule has 1 amide bonds. The number of rotatable bonds is 4. The number of nitrogens with one attached hydrogen (secondary N) is 2. The molecule has 0 unspecified atom stereocenters. The first-order valence-electron chi connectivity index (χ1n) is 7.71. The maximum absolute atomic E-state index is 12.5. The van der Waals surface area contributed by atoms with Crippen molar-refractivity contribution in [3.63, 3.8) is 0 Å². The molecule has 0 aliphatic carbocycles. The third-order valence-corrected chi connectivity index (χ3v) is 5.33. The summed E-state index contributed by atoms with van der Waals surface area (Å²) in [5, 5.41) is 7.25. The summed E-state index contributed by atoms with van der Waals surface area (Å²) in [6, 6.07) is 9.06. The molecule has 0 radical (unpaired) electrons. The van der Waals surface area contributed by atoms with Crippen LogP contribution in [0.5, 0.6) is 0 Å². The van der Waals surface area contributed by atoms with Crippen molar-refractivity contribution in [1.82, 2.24) is 20.3 Å². The molecule has 0 spiro atoms. The number of H-pyrrole nitrogens is 1. The fraction of sp³-hybridized carbons (Fsp3) is 0.0556. The molecule has 130 valence electrons. The number of pyridine rings is 1. The highest BCUT2D eigenvalue weighted by molar-refractivity contribution is 7.09. The highest BCUT2D eigenvalue weighted by Gasteiger charge is 2.17. The normalized spacial score (nSPS) is 11.0. The zero-order valence-electron chi connectivity index (χ0n) is 13.3. The van der Waals surface area contributed by atoms with Crippen LogP contribution in [-0.4, -0.2) is 20.9 Å². The zero-order valence-corrected chi connectivity index (χ0v) is 15.6. The molecule has 0 bridgehead atoms. The monoisotopic (exact) mass is 402 g/mol. The molecule has 0 aliphatic rings. The van der Waals surface area contributed by atoms with Crippen molar-refractivity contribution in [1.29, 1.82) is 0 Å². The van der Waals surface area contributed by atoms with Gasteiger partial charge in [-0.15, -0.1) is 11.3 Å². The minimum atomic E-state index is -0.289. The minimum Gasteiger partial charge on any atom is -0.349 e. The Balaban J connectivity index is 1.49. The van der Waals surface area contributed by atoms with Gasteiger partial charge in [0.05, 0.1) is 17.3 Å². The van der Waals surface area contributed by atoms with Crippen molar-refractivity contribution in [3.05, 3.63) is 68.9 Å². The van der Waals surface area contributed by atoms with E-state index in [1.165, 1.54) is 11.3 Å². The molecular weight excluding hydrogens is 391 g/mol. The molecule has 0 saturated heterocycles. The summed E-state index contributed by atoms with van der Waals surface area (Å²) in [7, 11) is 0. The maximum atomic E-state index is 12.5. The molecule has 26 heavy (non-hydrogen) atoms. The number of benzene rings is 1. The summed E-state index contributed by atoms with van der Waals surface area (Å²) in [6.07, 6.45) is 3.45. The number of halogens is 2. The average Bonchev–Trinajstić information content (AvgIpc) is 3.26. The van der Waals surface area contributed by atoms with E-state index in [2.05, 4.69) is 20.3 Å². The van der Waals surface area contributed by atoms with Gasteiger partial charge in [-0.25, -0.2) is 4.98 Å². The van der Waals surface area contributed by atoms with Gasteiger partial charge in [0.2, 0.25) is 0 Å². The number of nitrogens with zero attached hydrogens (tertiary/aromatic N) is 2. The molecule has 0 atom stereocenters.